The molecule has 3 rings (SSSR count). The number of nitrogens with one attached hydrogen (secondary N) is 2. The molecule has 0 unspecified atom stereocenters. The number of anilines is 1. The summed E-state index contributed by atoms with van der Waals surface area (Å²) in [5, 5.41) is 6.19. The van der Waals surface area contributed by atoms with Crippen LogP contribution in [0.25, 0.3) is 10.9 Å². The summed E-state index contributed by atoms with van der Waals surface area (Å²) in [6, 6.07) is 5.37. The van der Waals surface area contributed by atoms with E-state index < -0.39 is 16.6 Å². The summed E-state index contributed by atoms with van der Waals surface area (Å²) in [5.74, 6) is 0.0831. The molecule has 0 spiro atoms. The fourth-order valence-corrected chi connectivity index (χ4v) is 2.82. The average molecular weight is 348 g/mol. The van der Waals surface area contributed by atoms with E-state index in [2.05, 4.69) is 20.4 Å². The molecule has 9 heteroatoms. The van der Waals surface area contributed by atoms with Crippen molar-refractivity contribution in [2.24, 2.45) is 0 Å². The molecule has 2 heterocycles. The second kappa shape index (κ2) is 6.44. The molecule has 2 aromatic heterocycles. The van der Waals surface area contributed by atoms with Crippen LogP contribution in [0.5, 0.6) is 0 Å². The van der Waals surface area contributed by atoms with E-state index in [0.29, 0.717) is 17.1 Å². The molecule has 7 nitrogen and oxygen atoms in total. The van der Waals surface area contributed by atoms with Crippen LogP contribution in [0.15, 0.2) is 38.7 Å². The zero-order valence-corrected chi connectivity index (χ0v) is 13.6. The third-order valence-corrected chi connectivity index (χ3v) is 4.17. The number of nitrogens with zero attached hydrogens (tertiary/aromatic N) is 2. The molecule has 2 N–H and O–H groups in total. The first kappa shape index (κ1) is 16.2. The second-order valence-electron chi connectivity index (χ2n) is 5.10. The number of aromatic amines is 1. The zero-order valence-electron chi connectivity index (χ0n) is 12.8. The summed E-state index contributed by atoms with van der Waals surface area (Å²) in [5.41, 5.74) is -0.0934. The number of H-pyrrole nitrogens is 1. The first-order valence-corrected chi connectivity index (χ1v) is 7.91. The number of carbonyl (C=O) groups is 1. The molecule has 0 saturated heterocycles. The zero-order chi connectivity index (χ0) is 17.3. The van der Waals surface area contributed by atoms with Gasteiger partial charge in [0.1, 0.15) is 11.6 Å². The van der Waals surface area contributed by atoms with Crippen molar-refractivity contribution in [3.63, 3.8) is 0 Å². The number of aryl methyl sites for hydroxylation is 1. The fraction of sp³-hybridized carbons (Fsp3) is 0.200. The summed E-state index contributed by atoms with van der Waals surface area (Å²) in [6.07, 6.45) is 0. The molecule has 0 radical (unpaired) electrons. The Balaban J connectivity index is 1.77. The van der Waals surface area contributed by atoms with Gasteiger partial charge in [-0.3, -0.25) is 9.59 Å². The predicted molar refractivity (Wildman–Crippen MR) is 87.5 cm³/mol. The van der Waals surface area contributed by atoms with Crippen molar-refractivity contribution in [3.8, 4) is 0 Å². The van der Waals surface area contributed by atoms with Gasteiger partial charge in [-0.1, -0.05) is 16.9 Å². The molecule has 124 valence electrons. The molecule has 0 aliphatic carbocycles. The highest BCUT2D eigenvalue weighted by molar-refractivity contribution is 8.00. The lowest BCUT2D eigenvalue weighted by molar-refractivity contribution is -0.115. The van der Waals surface area contributed by atoms with Crippen LogP contribution in [-0.2, 0) is 4.79 Å². The molecule has 0 aliphatic rings. The summed E-state index contributed by atoms with van der Waals surface area (Å²) < 4.78 is 18.1. The van der Waals surface area contributed by atoms with Gasteiger partial charge in [0.05, 0.1) is 16.2 Å². The van der Waals surface area contributed by atoms with Crippen LogP contribution >= 0.6 is 11.8 Å². The van der Waals surface area contributed by atoms with Crippen LogP contribution in [0.2, 0.25) is 0 Å². The van der Waals surface area contributed by atoms with Crippen molar-refractivity contribution in [1.29, 1.82) is 0 Å². The smallest absolute Gasteiger partial charge is 0.259 e. The Labute approximate surface area is 139 Å². The largest absolute Gasteiger partial charge is 0.360 e. The third-order valence-electron chi connectivity index (χ3n) is 3.18. The predicted octanol–water partition coefficient (Wildman–Crippen LogP) is 2.48. The van der Waals surface area contributed by atoms with E-state index in [1.165, 1.54) is 12.1 Å². The molecule has 0 aliphatic heterocycles. The minimum atomic E-state index is -0.539. The summed E-state index contributed by atoms with van der Waals surface area (Å²) >= 11 is 1.08. The number of thioether (sulfide) groups is 1. The van der Waals surface area contributed by atoms with Crippen LogP contribution in [0.1, 0.15) is 12.7 Å². The maximum absolute atomic E-state index is 13.2. The number of halogens is 1. The van der Waals surface area contributed by atoms with E-state index in [-0.39, 0.29) is 16.4 Å². The lowest BCUT2D eigenvalue weighted by Gasteiger charge is -2.10. The molecular weight excluding hydrogens is 335 g/mol. The maximum Gasteiger partial charge on any atom is 0.259 e. The molecule has 0 saturated carbocycles. The van der Waals surface area contributed by atoms with Gasteiger partial charge in [0.15, 0.2) is 11.0 Å². The average Bonchev–Trinajstić information content (AvgIpc) is 2.93. The van der Waals surface area contributed by atoms with Crippen molar-refractivity contribution in [2.75, 3.05) is 5.32 Å². The van der Waals surface area contributed by atoms with Gasteiger partial charge in [-0.05, 0) is 32.0 Å². The van der Waals surface area contributed by atoms with Gasteiger partial charge in [0.25, 0.3) is 5.56 Å². The molecule has 1 aromatic carbocycles. The van der Waals surface area contributed by atoms with Gasteiger partial charge in [-0.25, -0.2) is 9.37 Å². The lowest BCUT2D eigenvalue weighted by Crippen LogP contribution is -2.23. The number of carbonyl (C=O) groups excluding carboxylic acids is 1. The number of benzene rings is 1. The first-order valence-electron chi connectivity index (χ1n) is 7.03. The van der Waals surface area contributed by atoms with E-state index in [0.717, 1.165) is 17.8 Å². The van der Waals surface area contributed by atoms with Crippen LogP contribution < -0.4 is 10.9 Å². The van der Waals surface area contributed by atoms with Crippen LogP contribution in [0.4, 0.5) is 10.2 Å². The summed E-state index contributed by atoms with van der Waals surface area (Å²) in [4.78, 5) is 30.9. The second-order valence-corrected chi connectivity index (χ2v) is 6.43. The fourth-order valence-electron chi connectivity index (χ4n) is 2.02. The summed E-state index contributed by atoms with van der Waals surface area (Å²) in [7, 11) is 0. The van der Waals surface area contributed by atoms with Crippen molar-refractivity contribution in [3.05, 3.63) is 46.2 Å². The molecular formula is C15H13FN4O3S. The van der Waals surface area contributed by atoms with Gasteiger partial charge in [-0.15, -0.1) is 0 Å². The number of amides is 1. The van der Waals surface area contributed by atoms with E-state index in [9.17, 15) is 14.0 Å². The minimum absolute atomic E-state index is 0.162. The van der Waals surface area contributed by atoms with Gasteiger partial charge < -0.3 is 14.8 Å². The molecule has 0 fully saturated rings. The SMILES string of the molecule is Cc1cc(NC(=O)[C@@H](C)Sc2nc3ccc(F)cc3c(=O)[nH]2)no1. The van der Waals surface area contributed by atoms with Crippen molar-refractivity contribution in [1.82, 2.24) is 15.1 Å². The number of fused-ring (bicyclic) bond motifs is 1. The van der Waals surface area contributed by atoms with Gasteiger partial charge in [0, 0.05) is 6.07 Å². The standard InChI is InChI=1S/C15H13FN4O3S/c1-7-5-12(20-23-7)18-13(21)8(2)24-15-17-11-4-3-9(16)6-10(11)14(22)19-15/h3-6,8H,1-2H3,(H,17,19,22)(H,18,20,21)/t8-/m1/s1. The normalized spacial score (nSPS) is 12.3. The highest BCUT2D eigenvalue weighted by Gasteiger charge is 2.18. The monoisotopic (exact) mass is 348 g/mol. The maximum atomic E-state index is 13.2. The number of rotatable bonds is 4. The number of aromatic nitrogens is 3. The quantitative estimate of drug-likeness (QED) is 0.555. The highest BCUT2D eigenvalue weighted by atomic mass is 32.2. The third kappa shape index (κ3) is 3.46. The van der Waals surface area contributed by atoms with Crippen molar-refractivity contribution in [2.45, 2.75) is 24.3 Å². The number of hydrogen-bond donors (Lipinski definition) is 2. The van der Waals surface area contributed by atoms with Gasteiger partial charge >= 0.3 is 0 Å². The van der Waals surface area contributed by atoms with E-state index in [1.54, 1.807) is 19.9 Å². The Morgan fingerprint density at radius 3 is 2.92 bits per heavy atom. The lowest BCUT2D eigenvalue weighted by atomic mass is 10.2. The van der Waals surface area contributed by atoms with E-state index in [4.69, 9.17) is 4.52 Å². The Morgan fingerprint density at radius 2 is 2.21 bits per heavy atom. The van der Waals surface area contributed by atoms with Crippen molar-refractivity contribution < 1.29 is 13.7 Å². The molecule has 3 aromatic rings. The molecule has 1 atom stereocenters. The Kier molecular flexibility index (Phi) is 4.34. The minimum Gasteiger partial charge on any atom is -0.360 e. The van der Waals surface area contributed by atoms with E-state index >= 15 is 0 Å². The van der Waals surface area contributed by atoms with Crippen LogP contribution in [-0.4, -0.2) is 26.3 Å². The Bertz CT molecular complexity index is 969. The number of hydrogen-bond acceptors (Lipinski definition) is 6. The topological polar surface area (TPSA) is 101 Å². The Morgan fingerprint density at radius 1 is 1.42 bits per heavy atom. The highest BCUT2D eigenvalue weighted by Crippen LogP contribution is 2.21. The van der Waals surface area contributed by atoms with Crippen LogP contribution in [0, 0.1) is 12.7 Å². The molecule has 0 bridgehead atoms. The van der Waals surface area contributed by atoms with Gasteiger partial charge in [0.2, 0.25) is 5.91 Å². The Hall–Kier alpha value is -2.68. The van der Waals surface area contributed by atoms with Crippen LogP contribution in [0.3, 0.4) is 0 Å². The molecule has 1 amide bonds. The molecule has 24 heavy (non-hydrogen) atoms. The van der Waals surface area contributed by atoms with Gasteiger partial charge in [-0.2, -0.15) is 0 Å². The first-order chi connectivity index (χ1) is 11.4. The van der Waals surface area contributed by atoms with E-state index in [1.807, 2.05) is 0 Å². The summed E-state index contributed by atoms with van der Waals surface area (Å²) in [6.45, 7) is 3.38. The van der Waals surface area contributed by atoms with Crippen molar-refractivity contribution >= 4 is 34.4 Å².